The van der Waals surface area contributed by atoms with Gasteiger partial charge < -0.3 is 9.13 Å². The van der Waals surface area contributed by atoms with Crippen LogP contribution in [0, 0.1) is 0 Å². The molecule has 2 heterocycles. The van der Waals surface area contributed by atoms with Crippen molar-refractivity contribution in [2.24, 2.45) is 0 Å². The zero-order valence-corrected chi connectivity index (χ0v) is 23.4. The van der Waals surface area contributed by atoms with Gasteiger partial charge in [-0.15, -0.1) is 0 Å². The number of para-hydroxylation sites is 2. The summed E-state index contributed by atoms with van der Waals surface area (Å²) in [5, 5.41) is 1.18. The number of benzene rings is 7. The predicted molar refractivity (Wildman–Crippen MR) is 186 cm³/mol. The molecule has 0 spiro atoms. The maximum atomic E-state index is 9.57. The van der Waals surface area contributed by atoms with E-state index >= 15 is 0 Å². The van der Waals surface area contributed by atoms with Gasteiger partial charge in [0.05, 0.1) is 33.0 Å². The summed E-state index contributed by atoms with van der Waals surface area (Å²) in [6, 6.07) is 36.7. The van der Waals surface area contributed by atoms with E-state index in [9.17, 15) is 5.48 Å². The molecule has 2 aromatic heterocycles. The Bertz CT molecular complexity index is 2700. The minimum atomic E-state index is -0.167. The Labute approximate surface area is 266 Å². The third kappa shape index (κ3) is 3.75. The molecule has 0 N–H and O–H groups in total. The average Bonchev–Trinajstić information content (AvgIpc) is 3.72. The van der Waals surface area contributed by atoms with Gasteiger partial charge in [0, 0.05) is 32.9 Å². The quantitative estimate of drug-likeness (QED) is 0.200. The molecule has 0 aliphatic rings. The highest BCUT2D eigenvalue weighted by molar-refractivity contribution is 6.28. The van der Waals surface area contributed by atoms with Crippen molar-refractivity contribution >= 4 is 43.6 Å². The lowest BCUT2D eigenvalue weighted by Crippen LogP contribution is -1.95. The highest BCUT2D eigenvalue weighted by Gasteiger charge is 2.20. The van der Waals surface area contributed by atoms with Crippen molar-refractivity contribution in [2.45, 2.75) is 0 Å². The van der Waals surface area contributed by atoms with Crippen LogP contribution in [0.4, 0.5) is 0 Å². The second-order valence-electron chi connectivity index (χ2n) is 10.8. The fourth-order valence-corrected chi connectivity index (χ4v) is 6.31. The van der Waals surface area contributed by atoms with Gasteiger partial charge in [0.1, 0.15) is 0 Å². The van der Waals surface area contributed by atoms with Crippen LogP contribution in [0.25, 0.3) is 77.2 Å². The highest BCUT2D eigenvalue weighted by Crippen LogP contribution is 2.42. The molecule has 2 heteroatoms. The number of hydrogen-bond donors (Lipinski definition) is 0. The second kappa shape index (κ2) is 9.86. The Morgan fingerprint density at radius 2 is 0.727 bits per heavy atom. The molecule has 0 amide bonds. The molecule has 9 aromatic rings. The van der Waals surface area contributed by atoms with Gasteiger partial charge >= 0.3 is 0 Å². The highest BCUT2D eigenvalue weighted by atomic mass is 15.0. The van der Waals surface area contributed by atoms with Crippen molar-refractivity contribution in [1.82, 2.24) is 9.13 Å². The van der Waals surface area contributed by atoms with E-state index in [2.05, 4.69) is 0 Å². The molecular weight excluding hydrogens is 532 g/mol. The van der Waals surface area contributed by atoms with Crippen LogP contribution in [-0.2, 0) is 0 Å². The summed E-state index contributed by atoms with van der Waals surface area (Å²) in [7, 11) is 0. The number of hydrogen-bond acceptors (Lipinski definition) is 0. The number of fused-ring (bicyclic) bond motifs is 7. The molecule has 0 fully saturated rings. The molecule has 44 heavy (non-hydrogen) atoms. The summed E-state index contributed by atoms with van der Waals surface area (Å²) < 4.78 is 76.5. The molecule has 9 rings (SSSR count). The van der Waals surface area contributed by atoms with Crippen molar-refractivity contribution in [1.29, 1.82) is 0 Å². The van der Waals surface area contributed by atoms with Gasteiger partial charge in [-0.2, -0.15) is 0 Å². The van der Waals surface area contributed by atoms with Crippen molar-refractivity contribution < 1.29 is 11.0 Å². The molecule has 206 valence electrons. The summed E-state index contributed by atoms with van der Waals surface area (Å²) in [4.78, 5) is 0. The minimum Gasteiger partial charge on any atom is -0.309 e. The molecule has 0 saturated heterocycles. The Morgan fingerprint density at radius 3 is 1.14 bits per heavy atom. The summed E-state index contributed by atoms with van der Waals surface area (Å²) in [5.74, 6) is 0. The zero-order valence-electron chi connectivity index (χ0n) is 31.4. The molecular formula is C42H28N2. The Kier molecular flexibility index (Phi) is 4.02. The van der Waals surface area contributed by atoms with Gasteiger partial charge in [0.15, 0.2) is 0 Å². The molecule has 7 aromatic carbocycles. The minimum absolute atomic E-state index is 0.0212. The van der Waals surface area contributed by atoms with E-state index < -0.39 is 0 Å². The summed E-state index contributed by atoms with van der Waals surface area (Å²) in [6.07, 6.45) is 0. The first-order valence-electron chi connectivity index (χ1n) is 18.5. The first kappa shape index (κ1) is 17.9. The Balaban J connectivity index is 1.45. The van der Waals surface area contributed by atoms with Crippen LogP contribution >= 0.6 is 0 Å². The third-order valence-corrected chi connectivity index (χ3v) is 8.31. The Hall–Kier alpha value is -5.86. The van der Waals surface area contributed by atoms with E-state index in [1.54, 1.807) is 9.13 Å². The lowest BCUT2D eigenvalue weighted by molar-refractivity contribution is 1.17. The topological polar surface area (TPSA) is 9.86 Å². The monoisotopic (exact) mass is 568 g/mol. The van der Waals surface area contributed by atoms with Gasteiger partial charge in [0.25, 0.3) is 0 Å². The second-order valence-corrected chi connectivity index (χ2v) is 10.8. The summed E-state index contributed by atoms with van der Waals surface area (Å²) >= 11 is 0. The third-order valence-electron chi connectivity index (χ3n) is 8.31. The molecule has 0 saturated carbocycles. The maximum absolute atomic E-state index is 9.57. The maximum Gasteiger partial charge on any atom is 0.0646 e. The van der Waals surface area contributed by atoms with Crippen LogP contribution in [0.1, 0.15) is 11.0 Å². The van der Waals surface area contributed by atoms with Crippen molar-refractivity contribution in [2.75, 3.05) is 0 Å². The predicted octanol–water partition coefficient (Wildman–Crippen LogP) is 11.2. The standard InChI is InChI=1S/C42H28N2/c1-3-11-29(12-4-1)31-19-23-33(24-20-31)43-37-17-9-7-15-35(37)41-39(43)27-28-40-42(41)36-16-8-10-18-38(36)44(40)34-25-21-32(22-26-34)30-13-5-2-6-14-30/h1-28H/i7D,8D,15D,16D,17D,18D,27D,28D. The number of rotatable bonds is 4. The van der Waals surface area contributed by atoms with Crippen molar-refractivity contribution in [3.63, 3.8) is 0 Å². The summed E-state index contributed by atoms with van der Waals surface area (Å²) in [6.45, 7) is 0. The first-order chi connectivity index (χ1) is 25.2. The van der Waals surface area contributed by atoms with E-state index in [-0.39, 0.29) is 70.1 Å². The summed E-state index contributed by atoms with van der Waals surface area (Å²) in [5.41, 5.74) is 6.29. The largest absolute Gasteiger partial charge is 0.309 e. The van der Waals surface area contributed by atoms with Crippen LogP contribution in [0.15, 0.2) is 170 Å². The van der Waals surface area contributed by atoms with E-state index in [4.69, 9.17) is 5.48 Å². The zero-order chi connectivity index (χ0) is 36.0. The number of aromatic nitrogens is 2. The molecule has 2 nitrogen and oxygen atoms in total. The van der Waals surface area contributed by atoms with Crippen molar-refractivity contribution in [3.8, 4) is 33.6 Å². The van der Waals surface area contributed by atoms with Crippen LogP contribution < -0.4 is 0 Å². The smallest absolute Gasteiger partial charge is 0.0646 e. The van der Waals surface area contributed by atoms with Crippen LogP contribution in [-0.4, -0.2) is 9.13 Å². The SMILES string of the molecule is [2H]c1cc([2H])c2c(c1[2H])c1c3c4c([2H])c([2H])cc([2H])c4n(-c4ccc(-c5ccccc5)cc4)c3c([2H])c([2H])c1n2-c1ccc(-c2ccccc2)cc1. The van der Waals surface area contributed by atoms with E-state index in [1.165, 1.54) is 12.1 Å². The fraction of sp³-hybridized carbons (Fsp3) is 0. The van der Waals surface area contributed by atoms with E-state index in [0.29, 0.717) is 33.2 Å². The molecule has 0 aliphatic carbocycles. The normalized spacial score (nSPS) is 14.2. The molecule has 0 radical (unpaired) electrons. The first-order valence-corrected chi connectivity index (χ1v) is 14.5. The van der Waals surface area contributed by atoms with E-state index in [1.807, 2.05) is 109 Å². The van der Waals surface area contributed by atoms with E-state index in [0.717, 1.165) is 22.3 Å². The van der Waals surface area contributed by atoms with Gasteiger partial charge in [-0.05, 0) is 70.7 Å². The van der Waals surface area contributed by atoms with Crippen LogP contribution in [0.5, 0.6) is 0 Å². The van der Waals surface area contributed by atoms with Gasteiger partial charge in [-0.1, -0.05) is 121 Å². The number of nitrogens with zero attached hydrogens (tertiary/aromatic N) is 2. The lowest BCUT2D eigenvalue weighted by atomic mass is 10.1. The van der Waals surface area contributed by atoms with Gasteiger partial charge in [-0.25, -0.2) is 0 Å². The average molecular weight is 569 g/mol. The molecule has 0 unspecified atom stereocenters. The molecule has 0 atom stereocenters. The van der Waals surface area contributed by atoms with Gasteiger partial charge in [0.2, 0.25) is 0 Å². The van der Waals surface area contributed by atoms with Crippen LogP contribution in [0.3, 0.4) is 0 Å². The van der Waals surface area contributed by atoms with Gasteiger partial charge in [-0.3, -0.25) is 0 Å². The fourth-order valence-electron chi connectivity index (χ4n) is 6.31. The van der Waals surface area contributed by atoms with Crippen molar-refractivity contribution in [3.05, 3.63) is 170 Å². The van der Waals surface area contributed by atoms with Crippen LogP contribution in [0.2, 0.25) is 0 Å². The Morgan fingerprint density at radius 1 is 0.341 bits per heavy atom. The molecule has 0 aliphatic heterocycles. The molecule has 0 bridgehead atoms. The lowest BCUT2D eigenvalue weighted by Gasteiger charge is -2.11.